The fourth-order valence-electron chi connectivity index (χ4n) is 2.64. The molecule has 3 aromatic heterocycles. The van der Waals surface area contributed by atoms with Gasteiger partial charge in [-0.3, -0.25) is 4.68 Å². The number of aromatic nitrogens is 6. The Morgan fingerprint density at radius 1 is 1.00 bits per heavy atom. The van der Waals surface area contributed by atoms with Crippen LogP contribution < -0.4 is 0 Å². The fourth-order valence-corrected chi connectivity index (χ4v) is 2.64. The van der Waals surface area contributed by atoms with Crippen LogP contribution in [-0.4, -0.2) is 29.9 Å². The summed E-state index contributed by atoms with van der Waals surface area (Å²) in [5, 5.41) is 8.69. The maximum Gasteiger partial charge on any atom is 0.232 e. The summed E-state index contributed by atoms with van der Waals surface area (Å²) in [5.74, 6) is 1.93. The van der Waals surface area contributed by atoms with E-state index in [1.54, 1.807) is 23.1 Å². The molecule has 7 heteroatoms. The zero-order valence-corrected chi connectivity index (χ0v) is 15.5. The first-order chi connectivity index (χ1) is 13.0. The lowest BCUT2D eigenvalue weighted by molar-refractivity contribution is 0.317. The van der Waals surface area contributed by atoms with Crippen LogP contribution in [0.15, 0.2) is 59.5 Å². The first kappa shape index (κ1) is 17.1. The topological polar surface area (TPSA) is 82.5 Å². The van der Waals surface area contributed by atoms with Crippen molar-refractivity contribution in [3.63, 3.8) is 0 Å². The Labute approximate surface area is 157 Å². The highest BCUT2D eigenvalue weighted by Gasteiger charge is 2.21. The predicted octanol–water partition coefficient (Wildman–Crippen LogP) is 3.74. The van der Waals surface area contributed by atoms with Gasteiger partial charge in [0.15, 0.2) is 11.6 Å². The van der Waals surface area contributed by atoms with Gasteiger partial charge < -0.3 is 4.52 Å². The van der Waals surface area contributed by atoms with Crippen molar-refractivity contribution >= 4 is 0 Å². The number of nitrogens with zero attached hydrogens (tertiary/aromatic N) is 6. The van der Waals surface area contributed by atoms with Crippen LogP contribution in [0.3, 0.4) is 0 Å². The average Bonchev–Trinajstić information content (AvgIpc) is 3.32. The van der Waals surface area contributed by atoms with E-state index >= 15 is 0 Å². The van der Waals surface area contributed by atoms with Gasteiger partial charge in [0, 0.05) is 35.1 Å². The molecule has 0 saturated carbocycles. The molecule has 3 heterocycles. The molecule has 4 rings (SSSR count). The molecule has 1 aromatic carbocycles. The number of benzene rings is 1. The van der Waals surface area contributed by atoms with Crippen molar-refractivity contribution in [3.05, 3.63) is 66.7 Å². The van der Waals surface area contributed by atoms with Gasteiger partial charge in [0.2, 0.25) is 5.89 Å². The Kier molecular flexibility index (Phi) is 4.27. The summed E-state index contributed by atoms with van der Waals surface area (Å²) in [4.78, 5) is 13.1. The second-order valence-electron chi connectivity index (χ2n) is 7.32. The Morgan fingerprint density at radius 2 is 1.78 bits per heavy atom. The normalized spacial score (nSPS) is 11.7. The zero-order valence-electron chi connectivity index (χ0n) is 15.5. The zero-order chi connectivity index (χ0) is 18.9. The molecule has 7 nitrogen and oxygen atoms in total. The summed E-state index contributed by atoms with van der Waals surface area (Å²) < 4.78 is 7.15. The Hall–Kier alpha value is -3.35. The van der Waals surface area contributed by atoms with Gasteiger partial charge in [0.25, 0.3) is 0 Å². The van der Waals surface area contributed by atoms with E-state index in [-0.39, 0.29) is 5.41 Å². The summed E-state index contributed by atoms with van der Waals surface area (Å²) in [6, 6.07) is 11.8. The van der Waals surface area contributed by atoms with Crippen molar-refractivity contribution in [1.29, 1.82) is 0 Å². The van der Waals surface area contributed by atoms with E-state index in [0.29, 0.717) is 24.1 Å². The van der Waals surface area contributed by atoms with E-state index < -0.39 is 0 Å². The van der Waals surface area contributed by atoms with Crippen LogP contribution in [0.2, 0.25) is 0 Å². The number of hydrogen-bond acceptors (Lipinski definition) is 6. The Bertz CT molecular complexity index is 1050. The van der Waals surface area contributed by atoms with Crippen LogP contribution in [0.1, 0.15) is 32.5 Å². The molecule has 27 heavy (non-hydrogen) atoms. The van der Waals surface area contributed by atoms with Gasteiger partial charge >= 0.3 is 0 Å². The Morgan fingerprint density at radius 3 is 2.52 bits per heavy atom. The minimum atomic E-state index is -0.166. The van der Waals surface area contributed by atoms with E-state index in [1.165, 1.54) is 0 Å². The molecule has 0 aliphatic heterocycles. The first-order valence-corrected chi connectivity index (χ1v) is 8.73. The first-order valence-electron chi connectivity index (χ1n) is 8.73. The highest BCUT2D eigenvalue weighted by Crippen LogP contribution is 2.23. The van der Waals surface area contributed by atoms with Crippen LogP contribution in [0.5, 0.6) is 0 Å². The maximum atomic E-state index is 5.34. The van der Waals surface area contributed by atoms with E-state index in [4.69, 9.17) is 4.52 Å². The molecule has 0 bridgehead atoms. The molecular weight excluding hydrogens is 340 g/mol. The molecule has 0 spiro atoms. The molecule has 0 atom stereocenters. The summed E-state index contributed by atoms with van der Waals surface area (Å²) in [6.07, 6.45) is 5.38. The lowest BCUT2D eigenvalue weighted by atomic mass is 9.97. The average molecular weight is 360 g/mol. The third-order valence-electron chi connectivity index (χ3n) is 4.04. The van der Waals surface area contributed by atoms with Crippen molar-refractivity contribution in [2.75, 3.05) is 0 Å². The van der Waals surface area contributed by atoms with Gasteiger partial charge in [-0.25, -0.2) is 9.97 Å². The molecule has 0 fully saturated rings. The van der Waals surface area contributed by atoms with Gasteiger partial charge in [-0.05, 0) is 18.2 Å². The minimum Gasteiger partial charge on any atom is -0.339 e. The van der Waals surface area contributed by atoms with Crippen LogP contribution in [0.25, 0.3) is 22.6 Å². The van der Waals surface area contributed by atoms with Gasteiger partial charge in [-0.1, -0.05) is 44.1 Å². The monoisotopic (exact) mass is 360 g/mol. The van der Waals surface area contributed by atoms with Crippen LogP contribution in [0.4, 0.5) is 0 Å². The summed E-state index contributed by atoms with van der Waals surface area (Å²) >= 11 is 0. The van der Waals surface area contributed by atoms with E-state index in [9.17, 15) is 0 Å². The lowest BCUT2D eigenvalue weighted by Gasteiger charge is -2.10. The van der Waals surface area contributed by atoms with Gasteiger partial charge in [0.05, 0.1) is 5.69 Å². The summed E-state index contributed by atoms with van der Waals surface area (Å²) in [5.41, 5.74) is 2.66. The number of rotatable bonds is 4. The van der Waals surface area contributed by atoms with Crippen LogP contribution >= 0.6 is 0 Å². The highest BCUT2D eigenvalue weighted by atomic mass is 16.5. The van der Waals surface area contributed by atoms with E-state index in [1.807, 2.05) is 57.3 Å². The molecule has 0 aliphatic rings. The maximum absolute atomic E-state index is 5.34. The molecule has 0 amide bonds. The minimum absolute atomic E-state index is 0.166. The molecule has 136 valence electrons. The van der Waals surface area contributed by atoms with Gasteiger partial charge in [0.1, 0.15) is 6.54 Å². The third kappa shape index (κ3) is 3.76. The third-order valence-corrected chi connectivity index (χ3v) is 4.04. The Balaban J connectivity index is 1.55. The molecule has 0 aliphatic carbocycles. The van der Waals surface area contributed by atoms with Gasteiger partial charge in [-0.15, -0.1) is 0 Å². The quantitative estimate of drug-likeness (QED) is 0.551. The lowest BCUT2D eigenvalue weighted by Crippen LogP contribution is -2.12. The summed E-state index contributed by atoms with van der Waals surface area (Å²) in [7, 11) is 0. The van der Waals surface area contributed by atoms with Crippen molar-refractivity contribution in [1.82, 2.24) is 29.9 Å². The fraction of sp³-hybridized carbons (Fsp3) is 0.250. The molecule has 0 N–H and O–H groups in total. The van der Waals surface area contributed by atoms with Crippen molar-refractivity contribution in [2.24, 2.45) is 0 Å². The second-order valence-corrected chi connectivity index (χ2v) is 7.32. The van der Waals surface area contributed by atoms with Crippen molar-refractivity contribution in [2.45, 2.75) is 32.7 Å². The van der Waals surface area contributed by atoms with Crippen molar-refractivity contribution in [3.8, 4) is 22.6 Å². The predicted molar refractivity (Wildman–Crippen MR) is 101 cm³/mol. The number of hydrogen-bond donors (Lipinski definition) is 0. The largest absolute Gasteiger partial charge is 0.339 e. The van der Waals surface area contributed by atoms with Crippen molar-refractivity contribution < 1.29 is 4.52 Å². The molecule has 0 unspecified atom stereocenters. The molecular formula is C20H20N6O. The van der Waals surface area contributed by atoms with Gasteiger partial charge in [-0.2, -0.15) is 10.1 Å². The molecule has 0 saturated heterocycles. The van der Waals surface area contributed by atoms with E-state index in [2.05, 4.69) is 25.2 Å². The standard InChI is InChI=1S/C20H20N6O/c1-20(2,3)19-23-17(25-27-19)13-26-11-8-16(24-26)14-6-4-7-15(12-14)18-21-9-5-10-22-18/h4-12H,13H2,1-3H3. The van der Waals surface area contributed by atoms with Crippen LogP contribution in [-0.2, 0) is 12.0 Å². The second kappa shape index (κ2) is 6.75. The SMILES string of the molecule is CC(C)(C)c1nc(Cn2ccc(-c3cccc(-c4ncccn4)c3)n2)no1. The smallest absolute Gasteiger partial charge is 0.232 e. The highest BCUT2D eigenvalue weighted by molar-refractivity contribution is 5.67. The van der Waals surface area contributed by atoms with Crippen LogP contribution in [0, 0.1) is 0 Å². The van der Waals surface area contributed by atoms with E-state index in [0.717, 1.165) is 16.8 Å². The molecule has 0 radical (unpaired) electrons. The summed E-state index contributed by atoms with van der Waals surface area (Å²) in [6.45, 7) is 6.58. The molecule has 4 aromatic rings.